The predicted octanol–water partition coefficient (Wildman–Crippen LogP) is 0.757. The van der Waals surface area contributed by atoms with E-state index in [9.17, 15) is 15.0 Å². The number of likely N-dealkylation sites (tertiary alicyclic amines) is 1. The first-order chi connectivity index (χ1) is 11.9. The molecule has 0 aromatic heterocycles. The number of aliphatic hydroxyl groups excluding tert-OH is 1. The van der Waals surface area contributed by atoms with Gasteiger partial charge in [0.05, 0.1) is 17.1 Å². The van der Waals surface area contributed by atoms with Gasteiger partial charge in [-0.1, -0.05) is 6.07 Å². The summed E-state index contributed by atoms with van der Waals surface area (Å²) in [5.74, 6) is 0.530. The number of likely N-dealkylation sites (N-methyl/N-ethyl adjacent to an activating group) is 1. The number of aliphatic hydroxyl groups is 2. The molecule has 1 spiro atoms. The summed E-state index contributed by atoms with van der Waals surface area (Å²) in [7, 11) is 2.06. The molecule has 5 rings (SSSR count). The molecule has 1 saturated carbocycles. The van der Waals surface area contributed by atoms with Crippen molar-refractivity contribution < 1.29 is 24.5 Å². The predicted molar refractivity (Wildman–Crippen MR) is 88.8 cm³/mol. The van der Waals surface area contributed by atoms with Gasteiger partial charge in [0, 0.05) is 18.5 Å². The molecule has 134 valence electrons. The van der Waals surface area contributed by atoms with Gasteiger partial charge in [0.15, 0.2) is 11.5 Å². The fourth-order valence-corrected chi connectivity index (χ4v) is 5.95. The molecule has 25 heavy (non-hydrogen) atoms. The first kappa shape index (κ1) is 15.6. The Morgan fingerprint density at radius 3 is 2.96 bits per heavy atom. The van der Waals surface area contributed by atoms with E-state index in [1.165, 1.54) is 6.92 Å². The van der Waals surface area contributed by atoms with Crippen molar-refractivity contribution in [3.63, 3.8) is 0 Å². The number of hydrogen-bond acceptors (Lipinski definition) is 6. The van der Waals surface area contributed by atoms with E-state index in [1.54, 1.807) is 6.07 Å². The molecular formula is C19H23NO5. The van der Waals surface area contributed by atoms with Crippen LogP contribution in [-0.2, 0) is 16.6 Å². The van der Waals surface area contributed by atoms with Gasteiger partial charge in [-0.05, 0) is 50.9 Å². The van der Waals surface area contributed by atoms with E-state index >= 15 is 0 Å². The zero-order valence-electron chi connectivity index (χ0n) is 14.5. The Labute approximate surface area is 146 Å². The van der Waals surface area contributed by atoms with E-state index < -0.39 is 29.2 Å². The number of carbonyl (C=O) groups excluding carboxylic acids is 1. The molecule has 0 radical (unpaired) electrons. The van der Waals surface area contributed by atoms with Crippen LogP contribution >= 0.6 is 0 Å². The monoisotopic (exact) mass is 345 g/mol. The second kappa shape index (κ2) is 4.75. The first-order valence-corrected chi connectivity index (χ1v) is 9.00. The lowest BCUT2D eigenvalue weighted by Crippen LogP contribution is -2.76. The standard InChI is InChI=1S/C19H23NO5/c1-10(21)24-13-4-3-11-9-14-19(23)6-5-12(22)17-18(19,7-8-20(14)2)15(11)16(13)25-17/h3-4,12,14,17,22-23H,5-9H2,1-2H3/t12-,14+,17-,18-,19+/m0/s1. The van der Waals surface area contributed by atoms with Crippen molar-refractivity contribution >= 4 is 5.97 Å². The van der Waals surface area contributed by atoms with E-state index in [0.29, 0.717) is 24.3 Å². The maximum absolute atomic E-state index is 11.8. The molecule has 2 aliphatic carbocycles. The molecule has 2 bridgehead atoms. The Morgan fingerprint density at radius 2 is 2.20 bits per heavy atom. The van der Waals surface area contributed by atoms with Crippen LogP contribution in [0.25, 0.3) is 0 Å². The lowest BCUT2D eigenvalue weighted by atomic mass is 9.49. The summed E-state index contributed by atoms with van der Waals surface area (Å²) in [6.07, 6.45) is 1.41. The van der Waals surface area contributed by atoms with Crippen molar-refractivity contribution in [2.45, 2.75) is 61.9 Å². The average molecular weight is 345 g/mol. The van der Waals surface area contributed by atoms with Gasteiger partial charge >= 0.3 is 5.97 Å². The zero-order valence-corrected chi connectivity index (χ0v) is 14.5. The van der Waals surface area contributed by atoms with Crippen LogP contribution in [0, 0.1) is 0 Å². The van der Waals surface area contributed by atoms with Crippen molar-refractivity contribution in [1.29, 1.82) is 0 Å². The zero-order chi connectivity index (χ0) is 17.6. The van der Waals surface area contributed by atoms with Crippen molar-refractivity contribution in [3.05, 3.63) is 23.3 Å². The summed E-state index contributed by atoms with van der Waals surface area (Å²) in [5.41, 5.74) is 0.531. The Bertz CT molecular complexity index is 779. The molecule has 5 atom stereocenters. The molecule has 0 unspecified atom stereocenters. The molecule has 2 fully saturated rings. The van der Waals surface area contributed by atoms with E-state index in [-0.39, 0.29) is 6.04 Å². The van der Waals surface area contributed by atoms with Gasteiger partial charge in [0.1, 0.15) is 6.10 Å². The number of rotatable bonds is 1. The molecule has 6 nitrogen and oxygen atoms in total. The van der Waals surface area contributed by atoms with Gasteiger partial charge in [-0.3, -0.25) is 4.79 Å². The Kier molecular flexibility index (Phi) is 2.97. The fourth-order valence-electron chi connectivity index (χ4n) is 5.95. The van der Waals surface area contributed by atoms with E-state index in [2.05, 4.69) is 11.9 Å². The third-order valence-electron chi connectivity index (χ3n) is 6.94. The highest BCUT2D eigenvalue weighted by molar-refractivity contribution is 5.72. The highest BCUT2D eigenvalue weighted by Gasteiger charge is 2.72. The van der Waals surface area contributed by atoms with E-state index in [1.807, 2.05) is 6.07 Å². The third kappa shape index (κ3) is 1.68. The average Bonchev–Trinajstić information content (AvgIpc) is 2.91. The summed E-state index contributed by atoms with van der Waals surface area (Å²) >= 11 is 0. The van der Waals surface area contributed by atoms with Crippen LogP contribution < -0.4 is 9.47 Å². The van der Waals surface area contributed by atoms with Crippen LogP contribution in [0.15, 0.2) is 12.1 Å². The summed E-state index contributed by atoms with van der Waals surface area (Å²) in [6, 6.07) is 3.77. The Balaban J connectivity index is 1.79. The van der Waals surface area contributed by atoms with Crippen LogP contribution in [0.1, 0.15) is 37.3 Å². The van der Waals surface area contributed by atoms with Gasteiger partial charge < -0.3 is 24.6 Å². The van der Waals surface area contributed by atoms with Gasteiger partial charge in [-0.15, -0.1) is 0 Å². The fraction of sp³-hybridized carbons (Fsp3) is 0.632. The third-order valence-corrected chi connectivity index (χ3v) is 6.94. The van der Waals surface area contributed by atoms with E-state index in [0.717, 1.165) is 30.5 Å². The van der Waals surface area contributed by atoms with Crippen molar-refractivity contribution in [1.82, 2.24) is 4.90 Å². The van der Waals surface area contributed by atoms with E-state index in [4.69, 9.17) is 9.47 Å². The van der Waals surface area contributed by atoms with Crippen molar-refractivity contribution in [2.24, 2.45) is 0 Å². The number of ether oxygens (including phenoxy) is 2. The number of esters is 1. The normalized spacial score (nSPS) is 41.0. The second-order valence-corrected chi connectivity index (χ2v) is 8.01. The molecule has 6 heteroatoms. The molecule has 2 N–H and O–H groups in total. The number of hydrogen-bond donors (Lipinski definition) is 2. The van der Waals surface area contributed by atoms with Crippen molar-refractivity contribution in [3.8, 4) is 11.5 Å². The molecule has 4 aliphatic rings. The van der Waals surface area contributed by atoms with Crippen molar-refractivity contribution in [2.75, 3.05) is 13.6 Å². The molecule has 1 aromatic rings. The number of carbonyl (C=O) groups is 1. The molecule has 2 heterocycles. The Hall–Kier alpha value is -1.63. The summed E-state index contributed by atoms with van der Waals surface area (Å²) in [5, 5.41) is 22.5. The number of piperidine rings is 1. The maximum atomic E-state index is 11.8. The van der Waals surface area contributed by atoms with Crippen LogP contribution in [0.3, 0.4) is 0 Å². The first-order valence-electron chi connectivity index (χ1n) is 9.00. The maximum Gasteiger partial charge on any atom is 0.308 e. The molecule has 2 aliphatic heterocycles. The minimum atomic E-state index is -0.934. The van der Waals surface area contributed by atoms with Gasteiger partial charge in [-0.2, -0.15) is 0 Å². The SMILES string of the molecule is CC(=O)Oc1ccc2c3c1O[C@H]1[C@@H](O)CC[C@@]4(O)[C@@H](C2)N(C)CC[C@]314. The summed E-state index contributed by atoms with van der Waals surface area (Å²) < 4.78 is 11.6. The summed E-state index contributed by atoms with van der Waals surface area (Å²) in [6.45, 7) is 2.21. The van der Waals surface area contributed by atoms with Gasteiger partial charge in [0.25, 0.3) is 0 Å². The minimum absolute atomic E-state index is 0.0119. The molecule has 0 amide bonds. The van der Waals surface area contributed by atoms with Crippen LogP contribution in [0.5, 0.6) is 11.5 Å². The highest BCUT2D eigenvalue weighted by atomic mass is 16.6. The van der Waals surface area contributed by atoms with Gasteiger partial charge in [0.2, 0.25) is 0 Å². The minimum Gasteiger partial charge on any atom is -0.482 e. The molecular weight excluding hydrogens is 322 g/mol. The second-order valence-electron chi connectivity index (χ2n) is 8.01. The quantitative estimate of drug-likeness (QED) is 0.578. The molecule has 1 saturated heterocycles. The highest BCUT2D eigenvalue weighted by Crippen LogP contribution is 2.65. The number of nitrogens with zero attached hydrogens (tertiary/aromatic N) is 1. The largest absolute Gasteiger partial charge is 0.482 e. The van der Waals surface area contributed by atoms with Crippen LogP contribution in [-0.4, -0.2) is 58.5 Å². The topological polar surface area (TPSA) is 79.2 Å². The molecule has 1 aromatic carbocycles. The summed E-state index contributed by atoms with van der Waals surface area (Å²) in [4.78, 5) is 13.7. The van der Waals surface area contributed by atoms with Gasteiger partial charge in [-0.25, -0.2) is 0 Å². The van der Waals surface area contributed by atoms with Crippen LogP contribution in [0.4, 0.5) is 0 Å². The number of benzene rings is 1. The lowest BCUT2D eigenvalue weighted by Gasteiger charge is -2.63. The Morgan fingerprint density at radius 1 is 1.40 bits per heavy atom. The smallest absolute Gasteiger partial charge is 0.308 e. The lowest BCUT2D eigenvalue weighted by molar-refractivity contribution is -0.204. The van der Waals surface area contributed by atoms with Crippen LogP contribution in [0.2, 0.25) is 0 Å².